The quantitative estimate of drug-likeness (QED) is 0.745. The molecule has 1 fully saturated rings. The lowest BCUT2D eigenvalue weighted by Gasteiger charge is -2.24. The van der Waals surface area contributed by atoms with Crippen LogP contribution in [0.25, 0.3) is 0 Å². The van der Waals surface area contributed by atoms with Crippen LogP contribution in [-0.4, -0.2) is 23.8 Å². The fraction of sp³-hybridized carbons (Fsp3) is 0.684. The van der Waals surface area contributed by atoms with E-state index in [2.05, 4.69) is 36.5 Å². The van der Waals surface area contributed by atoms with Gasteiger partial charge in [0.05, 0.1) is 6.61 Å². The van der Waals surface area contributed by atoms with Crippen LogP contribution >= 0.6 is 0 Å². The molecule has 3 atom stereocenters. The highest BCUT2D eigenvalue weighted by molar-refractivity contribution is 5.16. The molecule has 2 nitrogen and oxygen atoms in total. The Morgan fingerprint density at radius 1 is 1.14 bits per heavy atom. The summed E-state index contributed by atoms with van der Waals surface area (Å²) in [5.74, 6) is 0.934. The summed E-state index contributed by atoms with van der Waals surface area (Å²) in [5.41, 5.74) is 1.31. The first-order chi connectivity index (χ1) is 10.3. The second-order valence-electron chi connectivity index (χ2n) is 6.60. The molecule has 1 aliphatic rings. The normalized spacial score (nSPS) is 24.5. The van der Waals surface area contributed by atoms with E-state index in [1.54, 1.807) is 0 Å². The minimum atomic E-state index is 0.195. The van der Waals surface area contributed by atoms with E-state index in [9.17, 15) is 5.11 Å². The monoisotopic (exact) mass is 289 g/mol. The Morgan fingerprint density at radius 2 is 1.95 bits per heavy atom. The van der Waals surface area contributed by atoms with Gasteiger partial charge in [-0.1, -0.05) is 62.9 Å². The smallest absolute Gasteiger partial charge is 0.0587 e. The molecular weight excluding hydrogens is 258 g/mol. The molecule has 2 rings (SSSR count). The number of hydrogen-bond donors (Lipinski definition) is 2. The topological polar surface area (TPSA) is 32.3 Å². The van der Waals surface area contributed by atoms with Crippen molar-refractivity contribution in [2.24, 2.45) is 5.92 Å². The summed E-state index contributed by atoms with van der Waals surface area (Å²) in [6.07, 6.45) is 10.3. The van der Waals surface area contributed by atoms with Crippen molar-refractivity contribution in [3.05, 3.63) is 35.9 Å². The van der Waals surface area contributed by atoms with Gasteiger partial charge in [-0.15, -0.1) is 0 Å². The van der Waals surface area contributed by atoms with Crippen LogP contribution in [0.5, 0.6) is 0 Å². The van der Waals surface area contributed by atoms with Crippen LogP contribution < -0.4 is 5.32 Å². The third kappa shape index (κ3) is 5.80. The van der Waals surface area contributed by atoms with Crippen LogP contribution in [0.1, 0.15) is 57.4 Å². The zero-order valence-corrected chi connectivity index (χ0v) is 13.4. The van der Waals surface area contributed by atoms with Crippen molar-refractivity contribution in [1.29, 1.82) is 0 Å². The molecule has 118 valence electrons. The lowest BCUT2D eigenvalue weighted by atomic mass is 9.95. The number of rotatable bonds is 7. The number of benzene rings is 1. The van der Waals surface area contributed by atoms with Gasteiger partial charge in [-0.3, -0.25) is 0 Å². The van der Waals surface area contributed by atoms with Gasteiger partial charge in [0.25, 0.3) is 0 Å². The number of hydrogen-bond acceptors (Lipinski definition) is 2. The molecule has 0 saturated heterocycles. The summed E-state index contributed by atoms with van der Waals surface area (Å²) >= 11 is 0. The van der Waals surface area contributed by atoms with Gasteiger partial charge in [0.1, 0.15) is 0 Å². The van der Waals surface area contributed by atoms with Gasteiger partial charge < -0.3 is 10.4 Å². The Morgan fingerprint density at radius 3 is 2.67 bits per heavy atom. The molecule has 0 amide bonds. The average molecular weight is 289 g/mol. The summed E-state index contributed by atoms with van der Waals surface area (Å²) < 4.78 is 0. The largest absolute Gasteiger partial charge is 0.395 e. The maximum absolute atomic E-state index is 9.66. The van der Waals surface area contributed by atoms with Gasteiger partial charge in [0, 0.05) is 12.1 Å². The number of nitrogens with one attached hydrogen (secondary N) is 1. The molecule has 21 heavy (non-hydrogen) atoms. The maximum atomic E-state index is 9.66. The van der Waals surface area contributed by atoms with E-state index in [1.165, 1.54) is 50.5 Å². The van der Waals surface area contributed by atoms with Crippen molar-refractivity contribution in [2.45, 2.75) is 70.4 Å². The third-order valence-electron chi connectivity index (χ3n) is 4.80. The van der Waals surface area contributed by atoms with Crippen LogP contribution in [0, 0.1) is 5.92 Å². The average Bonchev–Trinajstić information content (AvgIpc) is 2.73. The Balaban J connectivity index is 1.81. The molecule has 0 spiro atoms. The van der Waals surface area contributed by atoms with Crippen LogP contribution in [0.2, 0.25) is 0 Å². The molecule has 0 aromatic heterocycles. The van der Waals surface area contributed by atoms with Crippen molar-refractivity contribution < 1.29 is 5.11 Å². The molecule has 1 aromatic rings. The van der Waals surface area contributed by atoms with Crippen molar-refractivity contribution >= 4 is 0 Å². The molecule has 1 aromatic carbocycles. The van der Waals surface area contributed by atoms with Gasteiger partial charge in [-0.25, -0.2) is 0 Å². The SMILES string of the molecule is CCCC1CCCC(N[C@@H](CO)Cc2ccccc2)CC1. The highest BCUT2D eigenvalue weighted by Crippen LogP contribution is 2.27. The molecule has 0 heterocycles. The Labute approximate surface area is 130 Å². The summed E-state index contributed by atoms with van der Waals surface area (Å²) in [5, 5.41) is 13.4. The minimum Gasteiger partial charge on any atom is -0.395 e. The van der Waals surface area contributed by atoms with Crippen molar-refractivity contribution in [3.63, 3.8) is 0 Å². The number of aliphatic hydroxyl groups excluding tert-OH is 1. The fourth-order valence-electron chi connectivity index (χ4n) is 3.65. The molecule has 2 N–H and O–H groups in total. The van der Waals surface area contributed by atoms with E-state index in [1.807, 2.05) is 6.07 Å². The number of aliphatic hydroxyl groups is 1. The predicted molar refractivity (Wildman–Crippen MR) is 89.4 cm³/mol. The first-order valence-corrected chi connectivity index (χ1v) is 8.72. The molecule has 2 heteroatoms. The highest BCUT2D eigenvalue weighted by atomic mass is 16.3. The lowest BCUT2D eigenvalue weighted by molar-refractivity contribution is 0.225. The van der Waals surface area contributed by atoms with Gasteiger partial charge in [-0.2, -0.15) is 0 Å². The summed E-state index contributed by atoms with van der Waals surface area (Å²) in [6.45, 7) is 2.52. The van der Waals surface area contributed by atoms with E-state index in [0.29, 0.717) is 6.04 Å². The zero-order valence-electron chi connectivity index (χ0n) is 13.4. The third-order valence-corrected chi connectivity index (χ3v) is 4.80. The van der Waals surface area contributed by atoms with Crippen LogP contribution in [0.4, 0.5) is 0 Å². The van der Waals surface area contributed by atoms with Crippen LogP contribution in [0.3, 0.4) is 0 Å². The summed E-state index contributed by atoms with van der Waals surface area (Å²) in [4.78, 5) is 0. The maximum Gasteiger partial charge on any atom is 0.0587 e. The summed E-state index contributed by atoms with van der Waals surface area (Å²) in [6, 6.07) is 11.3. The molecule has 2 unspecified atom stereocenters. The fourth-order valence-corrected chi connectivity index (χ4v) is 3.65. The first kappa shape index (κ1) is 16.5. The Hall–Kier alpha value is -0.860. The molecular formula is C19H31NO. The van der Waals surface area contributed by atoms with Crippen LogP contribution in [0.15, 0.2) is 30.3 Å². The van der Waals surface area contributed by atoms with E-state index in [-0.39, 0.29) is 12.6 Å². The van der Waals surface area contributed by atoms with Crippen molar-refractivity contribution in [1.82, 2.24) is 5.32 Å². The van der Waals surface area contributed by atoms with Crippen LogP contribution in [-0.2, 0) is 6.42 Å². The van der Waals surface area contributed by atoms with Crippen molar-refractivity contribution in [2.75, 3.05) is 6.61 Å². The van der Waals surface area contributed by atoms with E-state index < -0.39 is 0 Å². The van der Waals surface area contributed by atoms with Crippen molar-refractivity contribution in [3.8, 4) is 0 Å². The van der Waals surface area contributed by atoms with E-state index in [4.69, 9.17) is 0 Å². The zero-order chi connectivity index (χ0) is 14.9. The second-order valence-corrected chi connectivity index (χ2v) is 6.60. The Kier molecular flexibility index (Phi) is 7.25. The standard InChI is InChI=1S/C19H31NO/c1-2-7-16-10-6-11-18(13-12-16)20-19(15-21)14-17-8-4-3-5-9-17/h3-5,8-9,16,18-21H,2,6-7,10-15H2,1H3/t16?,18?,19-/m1/s1. The molecule has 0 bridgehead atoms. The lowest BCUT2D eigenvalue weighted by Crippen LogP contribution is -2.41. The molecule has 0 radical (unpaired) electrons. The van der Waals surface area contributed by atoms with Gasteiger partial charge in [0.15, 0.2) is 0 Å². The van der Waals surface area contributed by atoms with Gasteiger partial charge in [-0.05, 0) is 37.2 Å². The van der Waals surface area contributed by atoms with Gasteiger partial charge in [0.2, 0.25) is 0 Å². The second kappa shape index (κ2) is 9.22. The first-order valence-electron chi connectivity index (χ1n) is 8.72. The molecule has 1 saturated carbocycles. The highest BCUT2D eigenvalue weighted by Gasteiger charge is 2.20. The molecule has 0 aliphatic heterocycles. The molecule has 1 aliphatic carbocycles. The van der Waals surface area contributed by atoms with E-state index >= 15 is 0 Å². The predicted octanol–water partition coefficient (Wildman–Crippen LogP) is 3.93. The minimum absolute atomic E-state index is 0.195. The van der Waals surface area contributed by atoms with E-state index in [0.717, 1.165) is 12.3 Å². The summed E-state index contributed by atoms with van der Waals surface area (Å²) in [7, 11) is 0. The van der Waals surface area contributed by atoms with Gasteiger partial charge >= 0.3 is 0 Å². The Bertz CT molecular complexity index is 378.